The van der Waals surface area contributed by atoms with Crippen LogP contribution in [0.4, 0.5) is 4.79 Å². The quantitative estimate of drug-likeness (QED) is 0.750. The number of furan rings is 1. The van der Waals surface area contributed by atoms with Crippen LogP contribution in [0.5, 0.6) is 0 Å². The molecule has 2 heterocycles. The van der Waals surface area contributed by atoms with Crippen molar-refractivity contribution in [3.8, 4) is 0 Å². The molecule has 136 valence electrons. The highest BCUT2D eigenvalue weighted by Gasteiger charge is 2.29. The monoisotopic (exact) mass is 345 g/mol. The zero-order valence-electron chi connectivity index (χ0n) is 15.5. The molecule has 2 atom stereocenters. The molecule has 0 aliphatic rings. The number of carbonyl (C=O) groups excluding carboxylic acids is 1. The van der Waals surface area contributed by atoms with Gasteiger partial charge in [0.25, 0.3) is 0 Å². The van der Waals surface area contributed by atoms with Gasteiger partial charge in [-0.05, 0) is 44.9 Å². The number of nitrogens with zero attached hydrogens (tertiary/aromatic N) is 1. The highest BCUT2D eigenvalue weighted by molar-refractivity contribution is 5.74. The van der Waals surface area contributed by atoms with E-state index >= 15 is 0 Å². The highest BCUT2D eigenvalue weighted by atomic mass is 16.3. The largest absolute Gasteiger partial charge is 0.466 e. The van der Waals surface area contributed by atoms with Gasteiger partial charge in [-0.3, -0.25) is 4.98 Å². The van der Waals surface area contributed by atoms with Gasteiger partial charge in [0.15, 0.2) is 0 Å². The van der Waals surface area contributed by atoms with Gasteiger partial charge in [0.2, 0.25) is 0 Å². The van der Waals surface area contributed by atoms with Crippen molar-refractivity contribution in [2.24, 2.45) is 5.92 Å². The lowest BCUT2D eigenvalue weighted by Crippen LogP contribution is -2.45. The minimum atomic E-state index is -1.21. The molecule has 0 saturated heterocycles. The predicted octanol–water partition coefficient (Wildman–Crippen LogP) is 3.20. The summed E-state index contributed by atoms with van der Waals surface area (Å²) in [5, 5.41) is 16.3. The molecule has 0 aromatic carbocycles. The number of hydrogen-bond acceptors (Lipinski definition) is 4. The topological polar surface area (TPSA) is 87.4 Å². The Balaban J connectivity index is 2.00. The summed E-state index contributed by atoms with van der Waals surface area (Å²) in [6, 6.07) is 6.87. The molecule has 3 N–H and O–H groups in total. The Morgan fingerprint density at radius 3 is 2.60 bits per heavy atom. The van der Waals surface area contributed by atoms with Gasteiger partial charge in [-0.2, -0.15) is 0 Å². The van der Waals surface area contributed by atoms with Crippen LogP contribution in [0.25, 0.3) is 0 Å². The predicted molar refractivity (Wildman–Crippen MR) is 96.1 cm³/mol. The fraction of sp³-hybridized carbons (Fsp3) is 0.474. The van der Waals surface area contributed by atoms with Crippen LogP contribution < -0.4 is 10.6 Å². The molecule has 2 aromatic heterocycles. The van der Waals surface area contributed by atoms with Gasteiger partial charge in [-0.25, -0.2) is 4.79 Å². The second-order valence-corrected chi connectivity index (χ2v) is 6.90. The average Bonchev–Trinajstić information content (AvgIpc) is 2.90. The van der Waals surface area contributed by atoms with Gasteiger partial charge >= 0.3 is 6.03 Å². The Kier molecular flexibility index (Phi) is 5.85. The molecule has 6 nitrogen and oxygen atoms in total. The Bertz CT molecular complexity index is 708. The maximum atomic E-state index is 12.3. The Morgan fingerprint density at radius 1 is 1.36 bits per heavy atom. The van der Waals surface area contributed by atoms with Crippen LogP contribution >= 0.6 is 0 Å². The smallest absolute Gasteiger partial charge is 0.315 e. The summed E-state index contributed by atoms with van der Waals surface area (Å²) in [6.07, 6.45) is 1.71. The summed E-state index contributed by atoms with van der Waals surface area (Å²) in [4.78, 5) is 16.6. The second-order valence-electron chi connectivity index (χ2n) is 6.90. The number of aryl methyl sites for hydroxylation is 2. The van der Waals surface area contributed by atoms with Crippen LogP contribution in [0.1, 0.15) is 49.6 Å². The number of aliphatic hydroxyl groups is 1. The molecule has 0 aliphatic carbocycles. The Labute approximate surface area is 148 Å². The number of urea groups is 1. The lowest BCUT2D eigenvalue weighted by Gasteiger charge is -2.26. The van der Waals surface area contributed by atoms with E-state index < -0.39 is 5.60 Å². The molecule has 0 fully saturated rings. The molecule has 2 unspecified atom stereocenters. The molecule has 0 aliphatic heterocycles. The molecule has 0 radical (unpaired) electrons. The van der Waals surface area contributed by atoms with E-state index in [-0.39, 0.29) is 24.5 Å². The van der Waals surface area contributed by atoms with Crippen molar-refractivity contribution >= 4 is 6.03 Å². The average molecular weight is 345 g/mol. The first-order valence-corrected chi connectivity index (χ1v) is 8.46. The normalized spacial score (nSPS) is 14.8. The number of rotatable bonds is 6. The van der Waals surface area contributed by atoms with E-state index in [2.05, 4.69) is 15.6 Å². The molecule has 2 amide bonds. The number of aromatic nitrogens is 1. The second kappa shape index (κ2) is 7.70. The first-order valence-electron chi connectivity index (χ1n) is 8.46. The van der Waals surface area contributed by atoms with Crippen molar-refractivity contribution < 1.29 is 14.3 Å². The SMILES string of the molecule is Cc1cc(C(C)(O)CNC(=O)NC(c2ccccn2)C(C)C)c(C)o1. The number of hydrogen-bond donors (Lipinski definition) is 3. The van der Waals surface area contributed by atoms with E-state index in [1.807, 2.05) is 39.0 Å². The number of pyridine rings is 1. The van der Waals surface area contributed by atoms with Crippen LogP contribution in [-0.4, -0.2) is 22.7 Å². The molecule has 6 heteroatoms. The molecule has 2 rings (SSSR count). The Hall–Kier alpha value is -2.34. The number of carbonyl (C=O) groups is 1. The number of nitrogens with one attached hydrogen (secondary N) is 2. The lowest BCUT2D eigenvalue weighted by atomic mass is 9.96. The number of amides is 2. The van der Waals surface area contributed by atoms with Gasteiger partial charge in [-0.1, -0.05) is 19.9 Å². The third-order valence-corrected chi connectivity index (χ3v) is 4.17. The van der Waals surface area contributed by atoms with Crippen molar-refractivity contribution in [2.45, 2.75) is 46.3 Å². The summed E-state index contributed by atoms with van der Waals surface area (Å²) in [5.41, 5.74) is 0.272. The maximum Gasteiger partial charge on any atom is 0.315 e. The lowest BCUT2D eigenvalue weighted by molar-refractivity contribution is 0.0577. The standard InChI is InChI=1S/C19H27N3O3/c1-12(2)17(16-8-6-7-9-20-16)22-18(23)21-11-19(5,24)15-10-13(3)25-14(15)4/h6-10,12,17,24H,11H2,1-5H3,(H2,21,22,23). The van der Waals surface area contributed by atoms with E-state index in [1.54, 1.807) is 26.1 Å². The minimum Gasteiger partial charge on any atom is -0.466 e. The zero-order valence-corrected chi connectivity index (χ0v) is 15.5. The van der Waals surface area contributed by atoms with Crippen molar-refractivity contribution in [1.29, 1.82) is 0 Å². The molecule has 0 saturated carbocycles. The van der Waals surface area contributed by atoms with Crippen molar-refractivity contribution in [2.75, 3.05) is 6.54 Å². The van der Waals surface area contributed by atoms with Gasteiger partial charge in [-0.15, -0.1) is 0 Å². The van der Waals surface area contributed by atoms with Gasteiger partial charge < -0.3 is 20.2 Å². The van der Waals surface area contributed by atoms with E-state index in [0.717, 1.165) is 11.5 Å². The summed E-state index contributed by atoms with van der Waals surface area (Å²) in [7, 11) is 0. The maximum absolute atomic E-state index is 12.3. The van der Waals surface area contributed by atoms with E-state index in [4.69, 9.17) is 4.42 Å². The van der Waals surface area contributed by atoms with Crippen LogP contribution in [-0.2, 0) is 5.60 Å². The first-order chi connectivity index (χ1) is 11.7. The van der Waals surface area contributed by atoms with Gasteiger partial charge in [0, 0.05) is 11.8 Å². The van der Waals surface area contributed by atoms with Crippen LogP contribution in [0, 0.1) is 19.8 Å². The van der Waals surface area contributed by atoms with Crippen LogP contribution in [0.2, 0.25) is 0 Å². The van der Waals surface area contributed by atoms with E-state index in [1.165, 1.54) is 0 Å². The van der Waals surface area contributed by atoms with Crippen molar-refractivity contribution in [3.05, 3.63) is 53.2 Å². The van der Waals surface area contributed by atoms with Crippen molar-refractivity contribution in [1.82, 2.24) is 15.6 Å². The van der Waals surface area contributed by atoms with E-state index in [0.29, 0.717) is 11.3 Å². The summed E-state index contributed by atoms with van der Waals surface area (Å²) >= 11 is 0. The van der Waals surface area contributed by atoms with Gasteiger partial charge in [0.1, 0.15) is 17.1 Å². The van der Waals surface area contributed by atoms with Crippen LogP contribution in [0.3, 0.4) is 0 Å². The van der Waals surface area contributed by atoms with Gasteiger partial charge in [0.05, 0.1) is 18.3 Å². The summed E-state index contributed by atoms with van der Waals surface area (Å²) in [5.74, 6) is 1.56. The first kappa shape index (κ1) is 19.0. The minimum absolute atomic E-state index is 0.0751. The molecular weight excluding hydrogens is 318 g/mol. The fourth-order valence-corrected chi connectivity index (χ4v) is 2.85. The molecule has 0 spiro atoms. The third-order valence-electron chi connectivity index (χ3n) is 4.17. The molecule has 25 heavy (non-hydrogen) atoms. The van der Waals surface area contributed by atoms with E-state index in [9.17, 15) is 9.90 Å². The highest BCUT2D eigenvalue weighted by Crippen LogP contribution is 2.26. The zero-order chi connectivity index (χ0) is 18.6. The Morgan fingerprint density at radius 2 is 2.08 bits per heavy atom. The summed E-state index contributed by atoms with van der Waals surface area (Å²) < 4.78 is 5.46. The third kappa shape index (κ3) is 4.82. The fourth-order valence-electron chi connectivity index (χ4n) is 2.85. The molecule has 2 aromatic rings. The molecular formula is C19H27N3O3. The summed E-state index contributed by atoms with van der Waals surface area (Å²) in [6.45, 7) is 9.40. The molecule has 0 bridgehead atoms. The van der Waals surface area contributed by atoms with Crippen LogP contribution in [0.15, 0.2) is 34.9 Å². The van der Waals surface area contributed by atoms with Crippen molar-refractivity contribution in [3.63, 3.8) is 0 Å².